The molecule has 160 valence electrons. The van der Waals surface area contributed by atoms with Crippen molar-refractivity contribution in [2.24, 2.45) is 4.99 Å². The third-order valence-corrected chi connectivity index (χ3v) is 7.07. The SMILES string of the molecule is CSCCn1c(=NC(=O)c2ccc(N3C(=O)CCC3=O)cc2)sc2cc(C)c(C)cc21. The van der Waals surface area contributed by atoms with Gasteiger partial charge in [0.05, 0.1) is 15.9 Å². The van der Waals surface area contributed by atoms with Crippen molar-refractivity contribution in [1.82, 2.24) is 4.57 Å². The monoisotopic (exact) mass is 453 g/mol. The molecule has 6 nitrogen and oxygen atoms in total. The van der Waals surface area contributed by atoms with Crippen LogP contribution < -0.4 is 9.70 Å². The van der Waals surface area contributed by atoms with Crippen LogP contribution in [-0.4, -0.2) is 34.3 Å². The van der Waals surface area contributed by atoms with Crippen LogP contribution in [0, 0.1) is 13.8 Å². The minimum atomic E-state index is -0.344. The van der Waals surface area contributed by atoms with Crippen molar-refractivity contribution >= 4 is 56.7 Å². The van der Waals surface area contributed by atoms with E-state index in [1.165, 1.54) is 27.4 Å². The quantitative estimate of drug-likeness (QED) is 0.546. The summed E-state index contributed by atoms with van der Waals surface area (Å²) >= 11 is 3.26. The number of hydrogen-bond acceptors (Lipinski definition) is 5. The lowest BCUT2D eigenvalue weighted by Gasteiger charge is -2.13. The summed E-state index contributed by atoms with van der Waals surface area (Å²) in [5.74, 6) is 0.162. The maximum atomic E-state index is 12.9. The fourth-order valence-corrected chi connectivity index (χ4v) is 5.07. The van der Waals surface area contributed by atoms with Crippen molar-refractivity contribution in [2.75, 3.05) is 16.9 Å². The first-order valence-corrected chi connectivity index (χ1v) is 12.2. The molecule has 0 atom stereocenters. The van der Waals surface area contributed by atoms with Crippen molar-refractivity contribution in [3.8, 4) is 0 Å². The van der Waals surface area contributed by atoms with Crippen LogP contribution in [0.15, 0.2) is 41.4 Å². The molecule has 1 aliphatic heterocycles. The number of hydrogen-bond donors (Lipinski definition) is 0. The second-order valence-corrected chi connectivity index (χ2v) is 9.51. The summed E-state index contributed by atoms with van der Waals surface area (Å²) in [6.45, 7) is 4.94. The van der Waals surface area contributed by atoms with Crippen molar-refractivity contribution in [1.29, 1.82) is 0 Å². The number of thioether (sulfide) groups is 1. The molecule has 1 fully saturated rings. The summed E-state index contributed by atoms with van der Waals surface area (Å²) in [7, 11) is 0. The minimum Gasteiger partial charge on any atom is -0.315 e. The lowest BCUT2D eigenvalue weighted by atomic mass is 10.1. The van der Waals surface area contributed by atoms with Crippen molar-refractivity contribution in [3.63, 3.8) is 0 Å². The van der Waals surface area contributed by atoms with Gasteiger partial charge in [-0.15, -0.1) is 0 Å². The van der Waals surface area contributed by atoms with E-state index in [2.05, 4.69) is 41.8 Å². The molecule has 1 aliphatic rings. The van der Waals surface area contributed by atoms with E-state index >= 15 is 0 Å². The molecule has 1 aromatic heterocycles. The molecule has 2 heterocycles. The molecule has 3 amide bonds. The molecule has 0 N–H and O–H groups in total. The van der Waals surface area contributed by atoms with Gasteiger partial charge >= 0.3 is 0 Å². The summed E-state index contributed by atoms with van der Waals surface area (Å²) in [6.07, 6.45) is 2.52. The van der Waals surface area contributed by atoms with Gasteiger partial charge in [-0.2, -0.15) is 16.8 Å². The normalized spacial score (nSPS) is 14.8. The van der Waals surface area contributed by atoms with Crippen LogP contribution in [0.1, 0.15) is 34.3 Å². The van der Waals surface area contributed by atoms with E-state index in [1.54, 1.807) is 36.0 Å². The predicted octanol–water partition coefficient (Wildman–Crippen LogP) is 4.08. The number of aromatic nitrogens is 1. The third kappa shape index (κ3) is 4.22. The Hall–Kier alpha value is -2.71. The summed E-state index contributed by atoms with van der Waals surface area (Å²) in [4.78, 5) is 43.0. The van der Waals surface area contributed by atoms with Gasteiger partial charge in [-0.3, -0.25) is 19.3 Å². The Morgan fingerprint density at radius 2 is 1.71 bits per heavy atom. The smallest absolute Gasteiger partial charge is 0.279 e. The van der Waals surface area contributed by atoms with Gasteiger partial charge in [0, 0.05) is 30.7 Å². The standard InChI is InChI=1S/C23H23N3O3S2/c1-14-12-18-19(13-15(14)2)31-23(25(18)10-11-30-3)24-22(29)16-4-6-17(7-5-16)26-20(27)8-9-21(26)28/h4-7,12-13H,8-11H2,1-3H3. The number of carbonyl (C=O) groups excluding carboxylic acids is 3. The average molecular weight is 454 g/mol. The third-order valence-electron chi connectivity index (χ3n) is 5.44. The van der Waals surface area contributed by atoms with E-state index in [1.807, 2.05) is 0 Å². The lowest BCUT2D eigenvalue weighted by Crippen LogP contribution is -2.28. The maximum Gasteiger partial charge on any atom is 0.279 e. The van der Waals surface area contributed by atoms with Crippen LogP contribution in [0.5, 0.6) is 0 Å². The first-order chi connectivity index (χ1) is 14.9. The van der Waals surface area contributed by atoms with Crippen LogP contribution >= 0.6 is 23.1 Å². The van der Waals surface area contributed by atoms with Gasteiger partial charge in [-0.25, -0.2) is 0 Å². The highest BCUT2D eigenvalue weighted by Crippen LogP contribution is 2.24. The number of anilines is 1. The Labute approximate surface area is 188 Å². The highest BCUT2D eigenvalue weighted by molar-refractivity contribution is 7.98. The molecular formula is C23H23N3O3S2. The fourth-order valence-electron chi connectivity index (χ4n) is 3.57. The molecule has 4 rings (SSSR count). The summed E-state index contributed by atoms with van der Waals surface area (Å²) in [5.41, 5.74) is 4.43. The molecule has 8 heteroatoms. The van der Waals surface area contributed by atoms with E-state index in [-0.39, 0.29) is 30.6 Å². The van der Waals surface area contributed by atoms with Crippen LogP contribution in [0.4, 0.5) is 5.69 Å². The number of rotatable bonds is 5. The summed E-state index contributed by atoms with van der Waals surface area (Å²) < 4.78 is 3.22. The average Bonchev–Trinajstić information content (AvgIpc) is 3.25. The van der Waals surface area contributed by atoms with Crippen molar-refractivity contribution < 1.29 is 14.4 Å². The second kappa shape index (κ2) is 8.80. The maximum absolute atomic E-state index is 12.9. The number of aryl methyl sites for hydroxylation is 3. The van der Waals surface area contributed by atoms with Gasteiger partial charge in [0.2, 0.25) is 11.8 Å². The van der Waals surface area contributed by atoms with Gasteiger partial charge < -0.3 is 4.57 Å². The molecule has 0 radical (unpaired) electrons. The molecule has 0 aliphatic carbocycles. The largest absolute Gasteiger partial charge is 0.315 e. The first kappa shape index (κ1) is 21.5. The highest BCUT2D eigenvalue weighted by Gasteiger charge is 2.30. The summed E-state index contributed by atoms with van der Waals surface area (Å²) in [5, 5.41) is 0. The molecule has 2 aromatic carbocycles. The van der Waals surface area contributed by atoms with Gasteiger partial charge in [0.25, 0.3) is 5.91 Å². The zero-order valence-corrected chi connectivity index (χ0v) is 19.3. The molecule has 0 unspecified atom stereocenters. The van der Waals surface area contributed by atoms with Crippen molar-refractivity contribution in [2.45, 2.75) is 33.2 Å². The van der Waals surface area contributed by atoms with Gasteiger partial charge in [-0.05, 0) is 67.6 Å². The van der Waals surface area contributed by atoms with Crippen LogP contribution in [0.3, 0.4) is 0 Å². The van der Waals surface area contributed by atoms with Crippen LogP contribution in [-0.2, 0) is 16.1 Å². The van der Waals surface area contributed by atoms with E-state index in [0.29, 0.717) is 16.1 Å². The van der Waals surface area contributed by atoms with Crippen molar-refractivity contribution in [3.05, 3.63) is 57.9 Å². The van der Waals surface area contributed by atoms with Gasteiger partial charge in [0.15, 0.2) is 4.80 Å². The number of benzene rings is 2. The van der Waals surface area contributed by atoms with Gasteiger partial charge in [-0.1, -0.05) is 11.3 Å². The number of fused-ring (bicyclic) bond motifs is 1. The zero-order chi connectivity index (χ0) is 22.1. The molecule has 0 spiro atoms. The first-order valence-electron chi connectivity index (χ1n) is 10.0. The summed E-state index contributed by atoms with van der Waals surface area (Å²) in [6, 6.07) is 10.8. The zero-order valence-electron chi connectivity index (χ0n) is 17.7. The number of nitrogens with zero attached hydrogens (tertiary/aromatic N) is 3. The number of thiazole rings is 1. The topological polar surface area (TPSA) is 71.7 Å². The predicted molar refractivity (Wildman–Crippen MR) is 126 cm³/mol. The Kier molecular flexibility index (Phi) is 6.11. The molecule has 1 saturated heterocycles. The second-order valence-electron chi connectivity index (χ2n) is 7.52. The van der Waals surface area contributed by atoms with Gasteiger partial charge in [0.1, 0.15) is 0 Å². The van der Waals surface area contributed by atoms with E-state index < -0.39 is 0 Å². The lowest BCUT2D eigenvalue weighted by molar-refractivity contribution is -0.121. The van der Waals surface area contributed by atoms with Crippen LogP contribution in [0.2, 0.25) is 0 Å². The Balaban J connectivity index is 1.70. The van der Waals surface area contributed by atoms with E-state index in [4.69, 9.17) is 0 Å². The van der Waals surface area contributed by atoms with E-state index in [0.717, 1.165) is 22.5 Å². The number of imide groups is 1. The van der Waals surface area contributed by atoms with E-state index in [9.17, 15) is 14.4 Å². The Morgan fingerprint density at radius 3 is 2.35 bits per heavy atom. The fraction of sp³-hybridized carbons (Fsp3) is 0.304. The molecular weight excluding hydrogens is 430 g/mol. The minimum absolute atomic E-state index is 0.209. The number of carbonyl (C=O) groups is 3. The Bertz CT molecular complexity index is 1240. The number of amides is 3. The van der Waals surface area contributed by atoms with Crippen LogP contribution in [0.25, 0.3) is 10.2 Å². The highest BCUT2D eigenvalue weighted by atomic mass is 32.2. The molecule has 0 saturated carbocycles. The molecule has 3 aromatic rings. The Morgan fingerprint density at radius 1 is 1.06 bits per heavy atom. The molecule has 0 bridgehead atoms. The molecule has 31 heavy (non-hydrogen) atoms.